The molecule has 2 aromatic rings. The van der Waals surface area contributed by atoms with Crippen LogP contribution in [0.15, 0.2) is 66.7 Å². The number of hydrogen-bond acceptors (Lipinski definition) is 2. The van der Waals surface area contributed by atoms with Crippen molar-refractivity contribution in [2.24, 2.45) is 0 Å². The molecule has 2 rings (SSSR count). The summed E-state index contributed by atoms with van der Waals surface area (Å²) in [6.45, 7) is 0. The van der Waals surface area contributed by atoms with Gasteiger partial charge in [0.15, 0.2) is 0 Å². The fourth-order valence-corrected chi connectivity index (χ4v) is 3.21. The van der Waals surface area contributed by atoms with Crippen LogP contribution in [0.25, 0.3) is 6.08 Å². The number of rotatable bonds is 8. The van der Waals surface area contributed by atoms with Crippen molar-refractivity contribution in [3.05, 3.63) is 77.9 Å². The third-order valence-electron chi connectivity index (χ3n) is 3.22. The average Bonchev–Trinajstić information content (AvgIpc) is 2.55. The summed E-state index contributed by atoms with van der Waals surface area (Å²) in [4.78, 5) is 10.6. The molecule has 0 bridgehead atoms. The normalized spacial score (nSPS) is 12.4. The molecule has 0 fully saturated rings. The summed E-state index contributed by atoms with van der Waals surface area (Å²) in [5.74, 6) is 0.113. The summed E-state index contributed by atoms with van der Waals surface area (Å²) in [6.07, 6.45) is 5.25. The Hall–Kier alpha value is -2.00. The van der Waals surface area contributed by atoms with E-state index in [9.17, 15) is 4.79 Å². The molecule has 22 heavy (non-hydrogen) atoms. The van der Waals surface area contributed by atoms with Gasteiger partial charge >= 0.3 is 5.97 Å². The summed E-state index contributed by atoms with van der Waals surface area (Å²) in [5, 5.41) is 8.97. The van der Waals surface area contributed by atoms with Gasteiger partial charge in [-0.1, -0.05) is 72.8 Å². The van der Waals surface area contributed by atoms with Gasteiger partial charge in [0.05, 0.1) is 0 Å². The van der Waals surface area contributed by atoms with Gasteiger partial charge in [-0.25, -0.2) is 0 Å². The third kappa shape index (κ3) is 5.78. The summed E-state index contributed by atoms with van der Waals surface area (Å²) < 4.78 is 0. The predicted octanol–water partition coefficient (Wildman–Crippen LogP) is 5.04. The zero-order chi connectivity index (χ0) is 15.6. The lowest BCUT2D eigenvalue weighted by Crippen LogP contribution is -1.97. The number of hydrogen-bond donors (Lipinski definition) is 1. The molecule has 0 amide bonds. The molecule has 3 heteroatoms. The quantitative estimate of drug-likeness (QED) is 0.694. The molecule has 0 radical (unpaired) electrons. The van der Waals surface area contributed by atoms with Crippen molar-refractivity contribution in [3.63, 3.8) is 0 Å². The molecular weight excluding hydrogens is 292 g/mol. The zero-order valence-electron chi connectivity index (χ0n) is 12.4. The lowest BCUT2D eigenvalue weighted by molar-refractivity contribution is -0.137. The van der Waals surface area contributed by atoms with Crippen LogP contribution in [0.4, 0.5) is 0 Å². The first-order valence-electron chi connectivity index (χ1n) is 7.37. The van der Waals surface area contributed by atoms with Gasteiger partial charge in [0, 0.05) is 11.7 Å². The van der Waals surface area contributed by atoms with E-state index in [1.54, 1.807) is 11.8 Å². The van der Waals surface area contributed by atoms with Crippen molar-refractivity contribution in [1.82, 2.24) is 0 Å². The number of carboxylic acid groups (broad SMARTS) is 1. The van der Waals surface area contributed by atoms with Crippen molar-refractivity contribution in [1.29, 1.82) is 0 Å². The maximum Gasteiger partial charge on any atom is 0.303 e. The highest BCUT2D eigenvalue weighted by Gasteiger charge is 2.08. The van der Waals surface area contributed by atoms with E-state index in [0.717, 1.165) is 5.75 Å². The molecule has 114 valence electrons. The number of thioether (sulfide) groups is 1. The molecule has 2 aromatic carbocycles. The first-order valence-corrected chi connectivity index (χ1v) is 8.42. The maximum atomic E-state index is 10.6. The highest BCUT2D eigenvalue weighted by atomic mass is 32.2. The first kappa shape index (κ1) is 16.4. The Morgan fingerprint density at radius 1 is 1.05 bits per heavy atom. The summed E-state index contributed by atoms with van der Waals surface area (Å²) in [7, 11) is 0. The minimum absolute atomic E-state index is 0.233. The van der Waals surface area contributed by atoms with Gasteiger partial charge in [-0.2, -0.15) is 0 Å². The second kappa shape index (κ2) is 9.11. The third-order valence-corrected chi connectivity index (χ3v) is 4.54. The van der Waals surface area contributed by atoms with Crippen LogP contribution in [-0.4, -0.2) is 16.8 Å². The molecule has 1 atom stereocenters. The second-order valence-corrected chi connectivity index (χ2v) is 6.22. The fourth-order valence-electron chi connectivity index (χ4n) is 2.10. The molecule has 1 unspecified atom stereocenters. The van der Waals surface area contributed by atoms with Crippen molar-refractivity contribution < 1.29 is 9.90 Å². The average molecular weight is 312 g/mol. The van der Waals surface area contributed by atoms with Crippen LogP contribution in [0.1, 0.15) is 29.2 Å². The summed E-state index contributed by atoms with van der Waals surface area (Å²) in [5.41, 5.74) is 2.42. The zero-order valence-corrected chi connectivity index (χ0v) is 13.2. The highest BCUT2D eigenvalue weighted by Crippen LogP contribution is 2.31. The Bertz CT molecular complexity index is 593. The number of carboxylic acids is 1. The van der Waals surface area contributed by atoms with Crippen LogP contribution in [0.3, 0.4) is 0 Å². The van der Waals surface area contributed by atoms with Crippen molar-refractivity contribution in [3.8, 4) is 0 Å². The van der Waals surface area contributed by atoms with Crippen LogP contribution >= 0.6 is 11.8 Å². The van der Waals surface area contributed by atoms with Gasteiger partial charge in [-0.05, 0) is 23.3 Å². The molecule has 0 spiro atoms. The van der Waals surface area contributed by atoms with Crippen molar-refractivity contribution >= 4 is 23.8 Å². The van der Waals surface area contributed by atoms with Crippen molar-refractivity contribution in [2.75, 3.05) is 5.75 Å². The molecular formula is C19H20O2S. The van der Waals surface area contributed by atoms with E-state index in [4.69, 9.17) is 5.11 Å². The van der Waals surface area contributed by atoms with E-state index in [1.807, 2.05) is 36.4 Å². The molecule has 2 nitrogen and oxygen atoms in total. The van der Waals surface area contributed by atoms with Gasteiger partial charge in [0.2, 0.25) is 0 Å². The second-order valence-electron chi connectivity index (χ2n) is 4.97. The molecule has 0 aliphatic heterocycles. The van der Waals surface area contributed by atoms with E-state index < -0.39 is 5.97 Å². The van der Waals surface area contributed by atoms with Crippen LogP contribution < -0.4 is 0 Å². The van der Waals surface area contributed by atoms with Gasteiger partial charge < -0.3 is 5.11 Å². The van der Waals surface area contributed by atoms with E-state index in [-0.39, 0.29) is 11.7 Å². The lowest BCUT2D eigenvalue weighted by Gasteiger charge is -2.13. The lowest BCUT2D eigenvalue weighted by atomic mass is 10.1. The molecule has 0 aromatic heterocycles. The minimum Gasteiger partial charge on any atom is -0.481 e. The Kier molecular flexibility index (Phi) is 6.78. The monoisotopic (exact) mass is 312 g/mol. The molecule has 0 saturated carbocycles. The van der Waals surface area contributed by atoms with Gasteiger partial charge in [0.25, 0.3) is 0 Å². The van der Waals surface area contributed by atoms with Gasteiger partial charge in [-0.15, -0.1) is 11.8 Å². The smallest absolute Gasteiger partial charge is 0.303 e. The maximum absolute atomic E-state index is 10.6. The van der Waals surface area contributed by atoms with Crippen LogP contribution in [0.5, 0.6) is 0 Å². The highest BCUT2D eigenvalue weighted by molar-refractivity contribution is 7.99. The van der Waals surface area contributed by atoms with Crippen molar-refractivity contribution in [2.45, 2.75) is 18.1 Å². The summed E-state index contributed by atoms with van der Waals surface area (Å²) >= 11 is 1.79. The molecule has 1 N–H and O–H groups in total. The Labute approximate surface area is 135 Å². The number of carbonyl (C=O) groups is 1. The molecule has 0 heterocycles. The van der Waals surface area contributed by atoms with Crippen LogP contribution in [0, 0.1) is 0 Å². The van der Waals surface area contributed by atoms with Gasteiger partial charge in [0.1, 0.15) is 0 Å². The summed E-state index contributed by atoms with van der Waals surface area (Å²) in [6, 6.07) is 20.5. The van der Waals surface area contributed by atoms with Crippen LogP contribution in [-0.2, 0) is 4.79 Å². The molecule has 0 saturated heterocycles. The minimum atomic E-state index is -0.725. The fraction of sp³-hybridized carbons (Fsp3) is 0.211. The van der Waals surface area contributed by atoms with Gasteiger partial charge in [-0.3, -0.25) is 4.79 Å². The number of benzene rings is 2. The Morgan fingerprint density at radius 2 is 1.68 bits per heavy atom. The topological polar surface area (TPSA) is 37.3 Å². The van der Waals surface area contributed by atoms with E-state index in [1.165, 1.54) is 11.1 Å². The molecule has 0 aliphatic carbocycles. The van der Waals surface area contributed by atoms with E-state index in [0.29, 0.717) is 6.42 Å². The van der Waals surface area contributed by atoms with Crippen LogP contribution in [0.2, 0.25) is 0 Å². The first-order chi connectivity index (χ1) is 10.8. The standard InChI is InChI=1S/C19H20O2S/c20-19(21)12-7-15-22-18(17-10-5-2-6-11-17)14-13-16-8-3-1-4-9-16/h1-6,8-11,13-14,18H,7,12,15H2,(H,20,21). The Morgan fingerprint density at radius 3 is 2.32 bits per heavy atom. The number of aliphatic carboxylic acids is 1. The van der Waals surface area contributed by atoms with E-state index >= 15 is 0 Å². The largest absolute Gasteiger partial charge is 0.481 e. The molecule has 0 aliphatic rings. The van der Waals surface area contributed by atoms with E-state index in [2.05, 4.69) is 36.4 Å². The SMILES string of the molecule is O=C(O)CCCSC(C=Cc1ccccc1)c1ccccc1. The Balaban J connectivity index is 2.02. The predicted molar refractivity (Wildman–Crippen MR) is 94.0 cm³/mol.